The van der Waals surface area contributed by atoms with Crippen LogP contribution in [0.2, 0.25) is 0 Å². The van der Waals surface area contributed by atoms with Crippen molar-refractivity contribution in [1.82, 2.24) is 0 Å². The van der Waals surface area contributed by atoms with Crippen molar-refractivity contribution in [3.05, 3.63) is 0 Å². The first-order valence-corrected chi connectivity index (χ1v) is 5.48. The normalized spacial score (nSPS) is 10.5. The van der Waals surface area contributed by atoms with Crippen LogP contribution in [0.15, 0.2) is 0 Å². The Bertz CT molecular complexity index is 119. The first-order valence-electron chi connectivity index (χ1n) is 3.92. The number of rotatable bonds is 5. The van der Waals surface area contributed by atoms with E-state index < -0.39 is 7.82 Å². The lowest BCUT2D eigenvalue weighted by atomic mass is 10.2. The van der Waals surface area contributed by atoms with Gasteiger partial charge in [-0.2, -0.15) is 0 Å². The fraction of sp³-hybridized carbons (Fsp3) is 1.00. The summed E-state index contributed by atoms with van der Waals surface area (Å²) in [5, 5.41) is 16.6. The van der Waals surface area contributed by atoms with Gasteiger partial charge < -0.3 is 24.9 Å². The molecule has 0 saturated heterocycles. The van der Waals surface area contributed by atoms with E-state index in [1.807, 2.05) is 0 Å². The van der Waals surface area contributed by atoms with Gasteiger partial charge in [-0.25, -0.2) is 4.57 Å². The fourth-order valence-corrected chi connectivity index (χ4v) is 0.577. The van der Waals surface area contributed by atoms with Crippen LogP contribution in [0.1, 0.15) is 25.7 Å². The first-order chi connectivity index (χ1) is 5.91. The van der Waals surface area contributed by atoms with Crippen molar-refractivity contribution in [2.24, 2.45) is 0 Å². The quantitative estimate of drug-likeness (QED) is 0.315. The Kier molecular flexibility index (Phi) is 12.1. The highest BCUT2D eigenvalue weighted by Gasteiger charge is 2.00. The molecular formula is C6H17O6P. The Morgan fingerprint density at radius 3 is 1.15 bits per heavy atom. The Balaban J connectivity index is 0. The summed E-state index contributed by atoms with van der Waals surface area (Å²) in [6.07, 6.45) is 3.83. The minimum Gasteiger partial charge on any atom is -0.396 e. The zero-order valence-corrected chi connectivity index (χ0v) is 8.23. The van der Waals surface area contributed by atoms with Gasteiger partial charge in [-0.1, -0.05) is 12.8 Å². The highest BCUT2D eigenvalue weighted by Crippen LogP contribution is 2.25. The Hall–Kier alpha value is 0.0300. The van der Waals surface area contributed by atoms with Crippen LogP contribution < -0.4 is 0 Å². The van der Waals surface area contributed by atoms with Gasteiger partial charge in [-0.3, -0.25) is 0 Å². The van der Waals surface area contributed by atoms with Gasteiger partial charge in [0.15, 0.2) is 0 Å². The van der Waals surface area contributed by atoms with Crippen molar-refractivity contribution in [3.63, 3.8) is 0 Å². The molecule has 0 amide bonds. The zero-order chi connectivity index (χ0) is 10.7. The lowest BCUT2D eigenvalue weighted by Crippen LogP contribution is -1.85. The molecule has 0 aromatic heterocycles. The molecule has 0 aromatic rings. The molecule has 82 valence electrons. The van der Waals surface area contributed by atoms with E-state index in [2.05, 4.69) is 0 Å². The Morgan fingerprint density at radius 2 is 1.00 bits per heavy atom. The van der Waals surface area contributed by atoms with Gasteiger partial charge in [-0.15, -0.1) is 0 Å². The van der Waals surface area contributed by atoms with Crippen LogP contribution in [0, 0.1) is 0 Å². The van der Waals surface area contributed by atoms with Crippen LogP contribution in [-0.2, 0) is 4.57 Å². The smallest absolute Gasteiger partial charge is 0.396 e. The molecule has 5 N–H and O–H groups in total. The van der Waals surface area contributed by atoms with Gasteiger partial charge in [-0.05, 0) is 12.8 Å². The van der Waals surface area contributed by atoms with Crippen LogP contribution >= 0.6 is 7.82 Å². The molecule has 0 rings (SSSR count). The maximum atomic E-state index is 8.88. The van der Waals surface area contributed by atoms with E-state index in [1.165, 1.54) is 0 Å². The molecule has 0 saturated carbocycles. The molecule has 0 aliphatic carbocycles. The van der Waals surface area contributed by atoms with E-state index >= 15 is 0 Å². The summed E-state index contributed by atoms with van der Waals surface area (Å²) in [7, 11) is -4.64. The molecule has 0 radical (unpaired) electrons. The van der Waals surface area contributed by atoms with Crippen molar-refractivity contribution < 1.29 is 29.5 Å². The molecule has 0 unspecified atom stereocenters. The van der Waals surface area contributed by atoms with Crippen molar-refractivity contribution in [2.45, 2.75) is 25.7 Å². The molecule has 0 atom stereocenters. The van der Waals surface area contributed by atoms with Gasteiger partial charge in [0.25, 0.3) is 0 Å². The summed E-state index contributed by atoms with van der Waals surface area (Å²) >= 11 is 0. The lowest BCUT2D eigenvalue weighted by molar-refractivity contribution is 0.265. The molecule has 0 heterocycles. The van der Waals surface area contributed by atoms with Gasteiger partial charge >= 0.3 is 7.82 Å². The molecule has 0 fully saturated rings. The maximum absolute atomic E-state index is 8.88. The average molecular weight is 216 g/mol. The van der Waals surface area contributed by atoms with E-state index in [4.69, 9.17) is 29.5 Å². The average Bonchev–Trinajstić information content (AvgIpc) is 1.95. The highest BCUT2D eigenvalue weighted by atomic mass is 31.2. The van der Waals surface area contributed by atoms with Crippen LogP contribution in [0.3, 0.4) is 0 Å². The molecule has 0 spiro atoms. The summed E-state index contributed by atoms with van der Waals surface area (Å²) < 4.78 is 8.88. The summed E-state index contributed by atoms with van der Waals surface area (Å²) in [5.41, 5.74) is 0. The first kappa shape index (κ1) is 15.5. The fourth-order valence-electron chi connectivity index (χ4n) is 0.577. The SMILES string of the molecule is O=P(O)(O)O.OCCCCCCO. The summed E-state index contributed by atoms with van der Waals surface area (Å²) in [6.45, 7) is 0.566. The minimum absolute atomic E-state index is 0.283. The second kappa shape index (κ2) is 10.1. The molecule has 0 aliphatic rings. The van der Waals surface area contributed by atoms with Crippen molar-refractivity contribution >= 4 is 7.82 Å². The number of unbranched alkanes of at least 4 members (excludes halogenated alkanes) is 3. The lowest BCUT2D eigenvalue weighted by Gasteiger charge is -1.93. The molecule has 6 nitrogen and oxygen atoms in total. The zero-order valence-electron chi connectivity index (χ0n) is 7.33. The third-order valence-electron chi connectivity index (χ3n) is 1.07. The van der Waals surface area contributed by atoms with Crippen LogP contribution in [-0.4, -0.2) is 38.1 Å². The van der Waals surface area contributed by atoms with Gasteiger partial charge in [0.05, 0.1) is 0 Å². The number of aliphatic hydroxyl groups is 2. The molecular weight excluding hydrogens is 199 g/mol. The molecule has 7 heteroatoms. The monoisotopic (exact) mass is 216 g/mol. The van der Waals surface area contributed by atoms with Crippen molar-refractivity contribution in [3.8, 4) is 0 Å². The maximum Gasteiger partial charge on any atom is 0.466 e. The summed E-state index contributed by atoms with van der Waals surface area (Å²) in [6, 6.07) is 0. The number of aliphatic hydroxyl groups excluding tert-OH is 2. The van der Waals surface area contributed by atoms with Crippen molar-refractivity contribution in [2.75, 3.05) is 13.2 Å². The molecule has 0 aromatic carbocycles. The van der Waals surface area contributed by atoms with E-state index in [-0.39, 0.29) is 13.2 Å². The second-order valence-corrected chi connectivity index (χ2v) is 3.40. The third-order valence-corrected chi connectivity index (χ3v) is 1.07. The third kappa shape index (κ3) is 47.8. The second-order valence-electron chi connectivity index (χ2n) is 2.37. The van der Waals surface area contributed by atoms with Crippen LogP contribution in [0.4, 0.5) is 0 Å². The Labute approximate surface area is 77.1 Å². The topological polar surface area (TPSA) is 118 Å². The van der Waals surface area contributed by atoms with Crippen molar-refractivity contribution in [1.29, 1.82) is 0 Å². The van der Waals surface area contributed by atoms with Crippen LogP contribution in [0.5, 0.6) is 0 Å². The van der Waals surface area contributed by atoms with E-state index in [0.717, 1.165) is 25.7 Å². The predicted octanol–water partition coefficient (Wildman–Crippen LogP) is -0.397. The number of hydrogen-bond acceptors (Lipinski definition) is 3. The predicted molar refractivity (Wildman–Crippen MR) is 46.9 cm³/mol. The molecule has 0 aliphatic heterocycles. The minimum atomic E-state index is -4.64. The van der Waals surface area contributed by atoms with E-state index in [0.29, 0.717) is 0 Å². The largest absolute Gasteiger partial charge is 0.466 e. The molecule has 13 heavy (non-hydrogen) atoms. The van der Waals surface area contributed by atoms with E-state index in [1.54, 1.807) is 0 Å². The Morgan fingerprint density at radius 1 is 0.769 bits per heavy atom. The number of hydrogen-bond donors (Lipinski definition) is 5. The van der Waals surface area contributed by atoms with Gasteiger partial charge in [0, 0.05) is 13.2 Å². The van der Waals surface area contributed by atoms with Crippen LogP contribution in [0.25, 0.3) is 0 Å². The summed E-state index contributed by atoms with van der Waals surface area (Å²) in [4.78, 5) is 21.6. The summed E-state index contributed by atoms with van der Waals surface area (Å²) in [5.74, 6) is 0. The standard InChI is InChI=1S/C6H14O2.H3O4P/c7-5-3-1-2-4-6-8;1-5(2,3)4/h7-8H,1-6H2;(H3,1,2,3,4). The van der Waals surface area contributed by atoms with Gasteiger partial charge in [0.1, 0.15) is 0 Å². The highest BCUT2D eigenvalue weighted by molar-refractivity contribution is 7.45. The molecule has 0 bridgehead atoms. The number of phosphoric acid groups is 1. The van der Waals surface area contributed by atoms with Gasteiger partial charge in [0.2, 0.25) is 0 Å². The van der Waals surface area contributed by atoms with E-state index in [9.17, 15) is 0 Å².